The Labute approximate surface area is 79.0 Å². The normalized spacial score (nSPS) is 30.2. The summed E-state index contributed by atoms with van der Waals surface area (Å²) in [5.74, 6) is 0. The van der Waals surface area contributed by atoms with E-state index in [-0.39, 0.29) is 5.41 Å². The molecule has 0 saturated carbocycles. The molecule has 0 amide bonds. The molecule has 2 nitrogen and oxygen atoms in total. The molecule has 0 heterocycles. The van der Waals surface area contributed by atoms with Crippen molar-refractivity contribution in [3.05, 3.63) is 34.9 Å². The lowest BCUT2D eigenvalue weighted by atomic mass is 9.82. The van der Waals surface area contributed by atoms with Crippen molar-refractivity contribution in [1.82, 2.24) is 0 Å². The van der Waals surface area contributed by atoms with Crippen LogP contribution in [0.1, 0.15) is 26.2 Å². The number of nitrogens with zero attached hydrogens (tertiary/aromatic N) is 1. The predicted molar refractivity (Wildman–Crippen MR) is 54.4 cm³/mol. The third-order valence-electron chi connectivity index (χ3n) is 2.40. The molecule has 1 aliphatic carbocycles. The van der Waals surface area contributed by atoms with Gasteiger partial charge < -0.3 is 0 Å². The third-order valence-corrected chi connectivity index (χ3v) is 2.40. The SMILES string of the molecule is CC1(CN=O)C/C=C\C=C=CCC1. The quantitative estimate of drug-likeness (QED) is 0.470. The highest BCUT2D eigenvalue weighted by atomic mass is 16.3. The summed E-state index contributed by atoms with van der Waals surface area (Å²) < 4.78 is 0. The molecule has 0 saturated heterocycles. The van der Waals surface area contributed by atoms with Crippen LogP contribution >= 0.6 is 0 Å². The smallest absolute Gasteiger partial charge is 0.0867 e. The number of nitroso groups, excluding NO2 is 1. The molecular formula is C11H15NO. The maximum absolute atomic E-state index is 10.3. The Kier molecular flexibility index (Phi) is 3.66. The van der Waals surface area contributed by atoms with Gasteiger partial charge in [-0.25, -0.2) is 0 Å². The molecule has 0 bridgehead atoms. The molecular weight excluding hydrogens is 162 g/mol. The number of allylic oxidation sites excluding steroid dienone is 3. The van der Waals surface area contributed by atoms with Crippen LogP contribution in [0.3, 0.4) is 0 Å². The Bertz CT molecular complexity index is 261. The van der Waals surface area contributed by atoms with Crippen molar-refractivity contribution in [2.75, 3.05) is 6.54 Å². The Morgan fingerprint density at radius 1 is 1.62 bits per heavy atom. The van der Waals surface area contributed by atoms with E-state index >= 15 is 0 Å². The minimum Gasteiger partial charge on any atom is -0.151 e. The van der Waals surface area contributed by atoms with Crippen molar-refractivity contribution in [2.45, 2.75) is 26.2 Å². The summed E-state index contributed by atoms with van der Waals surface area (Å²) in [4.78, 5) is 10.3. The fourth-order valence-electron chi connectivity index (χ4n) is 1.45. The fourth-order valence-corrected chi connectivity index (χ4v) is 1.45. The van der Waals surface area contributed by atoms with Gasteiger partial charge in [0.2, 0.25) is 0 Å². The van der Waals surface area contributed by atoms with Gasteiger partial charge in [-0.1, -0.05) is 24.3 Å². The van der Waals surface area contributed by atoms with E-state index in [0.717, 1.165) is 19.3 Å². The van der Waals surface area contributed by atoms with Crippen LogP contribution in [0.5, 0.6) is 0 Å². The minimum atomic E-state index is 0.0363. The first-order valence-corrected chi connectivity index (χ1v) is 4.62. The summed E-state index contributed by atoms with van der Waals surface area (Å²) >= 11 is 0. The maximum Gasteiger partial charge on any atom is 0.0867 e. The van der Waals surface area contributed by atoms with E-state index in [1.54, 1.807) is 0 Å². The molecule has 1 aliphatic rings. The van der Waals surface area contributed by atoms with Crippen LogP contribution < -0.4 is 0 Å². The molecule has 1 rings (SSSR count). The molecule has 13 heavy (non-hydrogen) atoms. The average Bonchev–Trinajstić information content (AvgIpc) is 2.18. The highest BCUT2D eigenvalue weighted by Crippen LogP contribution is 2.29. The lowest BCUT2D eigenvalue weighted by Gasteiger charge is -2.23. The molecule has 0 aromatic carbocycles. The molecule has 1 atom stereocenters. The van der Waals surface area contributed by atoms with Crippen LogP contribution in [0.4, 0.5) is 0 Å². The lowest BCUT2D eigenvalue weighted by Crippen LogP contribution is -2.18. The number of hydrogen-bond acceptors (Lipinski definition) is 2. The van der Waals surface area contributed by atoms with E-state index in [0.29, 0.717) is 6.54 Å². The van der Waals surface area contributed by atoms with Crippen LogP contribution in [-0.2, 0) is 0 Å². The predicted octanol–water partition coefficient (Wildman–Crippen LogP) is 3.21. The van der Waals surface area contributed by atoms with E-state index in [1.165, 1.54) is 0 Å². The molecule has 0 aromatic rings. The van der Waals surface area contributed by atoms with E-state index in [9.17, 15) is 4.91 Å². The van der Waals surface area contributed by atoms with Gasteiger partial charge >= 0.3 is 0 Å². The van der Waals surface area contributed by atoms with Crippen LogP contribution in [0.15, 0.2) is 35.2 Å². The van der Waals surface area contributed by atoms with Crippen molar-refractivity contribution in [3.8, 4) is 0 Å². The standard InChI is InChI=1S/C11H15NO/c1-11(10-12-13)8-6-4-2-3-5-7-9-11/h2,4-6H,7-10H2,1H3/b6-4-. The molecule has 2 heteroatoms. The minimum absolute atomic E-state index is 0.0363. The largest absolute Gasteiger partial charge is 0.151 e. The number of rotatable bonds is 2. The first-order chi connectivity index (χ1) is 6.27. The van der Waals surface area contributed by atoms with Gasteiger partial charge in [-0.15, -0.1) is 5.73 Å². The van der Waals surface area contributed by atoms with E-state index in [1.807, 2.05) is 18.2 Å². The summed E-state index contributed by atoms with van der Waals surface area (Å²) in [6, 6.07) is 0. The first kappa shape index (κ1) is 9.94. The molecule has 0 aliphatic heterocycles. The van der Waals surface area contributed by atoms with E-state index in [4.69, 9.17) is 0 Å². The Balaban J connectivity index is 2.67. The number of hydrogen-bond donors (Lipinski definition) is 0. The van der Waals surface area contributed by atoms with Crippen molar-refractivity contribution in [1.29, 1.82) is 0 Å². The van der Waals surface area contributed by atoms with Crippen molar-refractivity contribution in [2.24, 2.45) is 10.6 Å². The summed E-state index contributed by atoms with van der Waals surface area (Å²) in [7, 11) is 0. The fraction of sp³-hybridized carbons (Fsp3) is 0.545. The first-order valence-electron chi connectivity index (χ1n) is 4.62. The summed E-state index contributed by atoms with van der Waals surface area (Å²) in [6.45, 7) is 2.52. The topological polar surface area (TPSA) is 29.4 Å². The van der Waals surface area contributed by atoms with Gasteiger partial charge in [-0.2, -0.15) is 4.91 Å². The summed E-state index contributed by atoms with van der Waals surface area (Å²) in [5.41, 5.74) is 3.10. The highest BCUT2D eigenvalue weighted by molar-refractivity contribution is 5.05. The van der Waals surface area contributed by atoms with Gasteiger partial charge in [-0.05, 0) is 36.8 Å². The zero-order chi connectivity index (χ0) is 9.57. The Morgan fingerprint density at radius 2 is 2.46 bits per heavy atom. The average molecular weight is 177 g/mol. The van der Waals surface area contributed by atoms with E-state index in [2.05, 4.69) is 23.9 Å². The van der Waals surface area contributed by atoms with Crippen molar-refractivity contribution in [3.63, 3.8) is 0 Å². The molecule has 70 valence electrons. The van der Waals surface area contributed by atoms with Gasteiger partial charge in [0.25, 0.3) is 0 Å². The Morgan fingerprint density at radius 3 is 3.23 bits per heavy atom. The van der Waals surface area contributed by atoms with Crippen molar-refractivity contribution >= 4 is 0 Å². The van der Waals surface area contributed by atoms with Gasteiger partial charge in [-0.3, -0.25) is 0 Å². The van der Waals surface area contributed by atoms with Gasteiger partial charge in [0.05, 0.1) is 6.54 Å². The summed E-state index contributed by atoms with van der Waals surface area (Å²) in [6.07, 6.45) is 10.9. The second-order valence-electron chi connectivity index (χ2n) is 3.81. The molecule has 0 fully saturated rings. The second kappa shape index (κ2) is 4.78. The maximum atomic E-state index is 10.3. The van der Waals surface area contributed by atoms with Gasteiger partial charge in [0, 0.05) is 0 Å². The van der Waals surface area contributed by atoms with Crippen LogP contribution in [0, 0.1) is 10.3 Å². The highest BCUT2D eigenvalue weighted by Gasteiger charge is 2.22. The van der Waals surface area contributed by atoms with Crippen LogP contribution in [0.25, 0.3) is 0 Å². The molecule has 0 N–H and O–H groups in total. The van der Waals surface area contributed by atoms with Gasteiger partial charge in [0.15, 0.2) is 0 Å². The third kappa shape index (κ3) is 3.39. The molecule has 0 aromatic heterocycles. The molecule has 0 radical (unpaired) electrons. The van der Waals surface area contributed by atoms with Gasteiger partial charge in [0.1, 0.15) is 0 Å². The second-order valence-corrected chi connectivity index (χ2v) is 3.81. The van der Waals surface area contributed by atoms with Crippen LogP contribution in [-0.4, -0.2) is 6.54 Å². The zero-order valence-electron chi connectivity index (χ0n) is 7.99. The summed E-state index contributed by atoms with van der Waals surface area (Å²) in [5, 5.41) is 3.01. The Hall–Kier alpha value is -1.14. The molecule has 1 unspecified atom stereocenters. The van der Waals surface area contributed by atoms with Crippen LogP contribution in [0.2, 0.25) is 0 Å². The van der Waals surface area contributed by atoms with E-state index < -0.39 is 0 Å². The lowest BCUT2D eigenvalue weighted by molar-refractivity contribution is 0.315. The zero-order valence-corrected chi connectivity index (χ0v) is 7.99. The monoisotopic (exact) mass is 177 g/mol. The van der Waals surface area contributed by atoms with Crippen molar-refractivity contribution < 1.29 is 0 Å². The molecule has 0 spiro atoms.